The molecule has 0 unspecified atom stereocenters. The summed E-state index contributed by atoms with van der Waals surface area (Å²) in [6, 6.07) is 21.8. The van der Waals surface area contributed by atoms with E-state index >= 15 is 0 Å². The Labute approximate surface area is 175 Å². The molecule has 2 N–H and O–H groups in total. The van der Waals surface area contributed by atoms with Gasteiger partial charge in [-0.05, 0) is 5.56 Å². The zero-order valence-electron chi connectivity index (χ0n) is 16.3. The van der Waals surface area contributed by atoms with E-state index in [1.165, 1.54) is 42.6 Å². The van der Waals surface area contributed by atoms with Gasteiger partial charge in [-0.1, -0.05) is 60.7 Å². The molecular formula is C24H25N4S+. The van der Waals surface area contributed by atoms with Crippen molar-refractivity contribution in [3.05, 3.63) is 77.9 Å². The maximum atomic E-state index is 4.62. The largest absolute Gasteiger partial charge is 0.366 e. The van der Waals surface area contributed by atoms with Crippen LogP contribution in [0.3, 0.4) is 0 Å². The Morgan fingerprint density at radius 2 is 1.66 bits per heavy atom. The Balaban J connectivity index is 1.31. The van der Waals surface area contributed by atoms with E-state index in [1.54, 1.807) is 22.6 Å². The molecule has 4 nitrogen and oxygen atoms in total. The first-order valence-electron chi connectivity index (χ1n) is 10.3. The minimum Gasteiger partial charge on any atom is -0.366 e. The van der Waals surface area contributed by atoms with Gasteiger partial charge in [-0.25, -0.2) is 9.97 Å². The van der Waals surface area contributed by atoms with E-state index in [1.807, 2.05) is 0 Å². The number of likely N-dealkylation sites (tertiary alicyclic amines) is 1. The quantitative estimate of drug-likeness (QED) is 0.531. The maximum absolute atomic E-state index is 4.62. The third kappa shape index (κ3) is 4.02. The summed E-state index contributed by atoms with van der Waals surface area (Å²) in [5, 5.41) is 7.10. The number of nitrogens with one attached hydrogen (secondary N) is 2. The van der Waals surface area contributed by atoms with Gasteiger partial charge in [0.25, 0.3) is 0 Å². The third-order valence-electron chi connectivity index (χ3n) is 5.79. The first kappa shape index (κ1) is 18.3. The summed E-state index contributed by atoms with van der Waals surface area (Å²) in [6.45, 7) is 3.50. The number of hydrogen-bond donors (Lipinski definition) is 2. The van der Waals surface area contributed by atoms with Crippen LogP contribution in [0.5, 0.6) is 0 Å². The van der Waals surface area contributed by atoms with Crippen LogP contribution < -0.4 is 10.2 Å². The molecule has 5 heteroatoms. The minimum atomic E-state index is 0.469. The predicted octanol–water partition coefficient (Wildman–Crippen LogP) is 4.02. The lowest BCUT2D eigenvalue weighted by molar-refractivity contribution is -0.918. The van der Waals surface area contributed by atoms with Gasteiger partial charge < -0.3 is 10.2 Å². The number of fused-ring (bicyclic) bond motifs is 1. The molecular weight excluding hydrogens is 376 g/mol. The third-order valence-corrected chi connectivity index (χ3v) is 6.67. The highest BCUT2D eigenvalue weighted by atomic mass is 32.1. The highest BCUT2D eigenvalue weighted by Gasteiger charge is 2.23. The average Bonchev–Trinajstić information content (AvgIpc) is 3.22. The summed E-state index contributed by atoms with van der Waals surface area (Å²) in [5.74, 6) is 0.978. The molecule has 1 aliphatic heterocycles. The van der Waals surface area contributed by atoms with Crippen LogP contribution in [0.25, 0.3) is 21.3 Å². The molecule has 0 spiro atoms. The predicted molar refractivity (Wildman–Crippen MR) is 120 cm³/mol. The van der Waals surface area contributed by atoms with Crippen molar-refractivity contribution in [2.45, 2.75) is 25.4 Å². The second-order valence-electron chi connectivity index (χ2n) is 7.75. The highest BCUT2D eigenvalue weighted by molar-refractivity contribution is 7.17. The van der Waals surface area contributed by atoms with E-state index in [-0.39, 0.29) is 0 Å². The number of quaternary nitrogens is 1. The molecule has 3 heterocycles. The number of anilines is 1. The summed E-state index contributed by atoms with van der Waals surface area (Å²) < 4.78 is 0. The molecule has 29 heavy (non-hydrogen) atoms. The lowest BCUT2D eigenvalue weighted by Crippen LogP contribution is -3.12. The van der Waals surface area contributed by atoms with E-state index < -0.39 is 0 Å². The van der Waals surface area contributed by atoms with Gasteiger partial charge >= 0.3 is 0 Å². The van der Waals surface area contributed by atoms with Crippen molar-refractivity contribution in [2.75, 3.05) is 18.4 Å². The smallest absolute Gasteiger partial charge is 0.139 e. The number of piperidine rings is 1. The summed E-state index contributed by atoms with van der Waals surface area (Å²) in [6.07, 6.45) is 4.02. The number of nitrogens with zero attached hydrogens (tertiary/aromatic N) is 2. The number of hydrogen-bond acceptors (Lipinski definition) is 4. The molecule has 2 aromatic heterocycles. The fourth-order valence-electron chi connectivity index (χ4n) is 4.24. The molecule has 2 aromatic carbocycles. The number of rotatable bonds is 5. The van der Waals surface area contributed by atoms with Crippen LogP contribution in [0.4, 0.5) is 5.82 Å². The molecule has 0 amide bonds. The summed E-state index contributed by atoms with van der Waals surface area (Å²) in [7, 11) is 0. The summed E-state index contributed by atoms with van der Waals surface area (Å²) in [4.78, 5) is 11.8. The number of benzene rings is 2. The SMILES string of the molecule is c1ccc(C[NH+]2CCC(Nc3ncnc4scc(-c5ccccc5)c34)CC2)cc1. The minimum absolute atomic E-state index is 0.469. The van der Waals surface area contributed by atoms with E-state index in [0.717, 1.165) is 22.6 Å². The lowest BCUT2D eigenvalue weighted by atomic mass is 10.0. The van der Waals surface area contributed by atoms with E-state index in [9.17, 15) is 0 Å². The van der Waals surface area contributed by atoms with Crippen molar-refractivity contribution < 1.29 is 4.90 Å². The van der Waals surface area contributed by atoms with Crippen LogP contribution in [0.2, 0.25) is 0 Å². The molecule has 1 aliphatic rings. The maximum Gasteiger partial charge on any atom is 0.139 e. The van der Waals surface area contributed by atoms with Crippen LogP contribution in [0.15, 0.2) is 72.4 Å². The Kier molecular flexibility index (Phi) is 5.24. The Bertz CT molecular complexity index is 1070. The second kappa shape index (κ2) is 8.31. The molecule has 0 saturated carbocycles. The fourth-order valence-corrected chi connectivity index (χ4v) is 5.16. The molecule has 0 atom stereocenters. The van der Waals surface area contributed by atoms with Crippen molar-refractivity contribution >= 4 is 27.4 Å². The van der Waals surface area contributed by atoms with Gasteiger partial charge in [0.15, 0.2) is 0 Å². The van der Waals surface area contributed by atoms with Gasteiger partial charge in [-0.2, -0.15) is 0 Å². The summed E-state index contributed by atoms with van der Waals surface area (Å²) >= 11 is 1.69. The molecule has 0 bridgehead atoms. The van der Waals surface area contributed by atoms with E-state index in [4.69, 9.17) is 0 Å². The molecule has 1 fully saturated rings. The van der Waals surface area contributed by atoms with Gasteiger partial charge in [0.05, 0.1) is 18.5 Å². The average molecular weight is 402 g/mol. The number of aromatic nitrogens is 2. The molecule has 1 saturated heterocycles. The van der Waals surface area contributed by atoms with Crippen LogP contribution in [0, 0.1) is 0 Å². The van der Waals surface area contributed by atoms with Gasteiger partial charge in [0.1, 0.15) is 23.5 Å². The summed E-state index contributed by atoms with van der Waals surface area (Å²) in [5.41, 5.74) is 3.87. The standard InChI is InChI=1S/C24H24N4S/c1-3-7-18(8-4-1)15-28-13-11-20(12-14-28)27-23-22-21(19-9-5-2-6-10-19)16-29-24(22)26-17-25-23/h1-10,16-17,20H,11-15H2,(H,25,26,27)/p+1. The van der Waals surface area contributed by atoms with E-state index in [0.29, 0.717) is 6.04 Å². The monoisotopic (exact) mass is 401 g/mol. The van der Waals surface area contributed by atoms with Crippen LogP contribution in [-0.4, -0.2) is 29.1 Å². The second-order valence-corrected chi connectivity index (χ2v) is 8.61. The molecule has 4 aromatic rings. The van der Waals surface area contributed by atoms with Crippen molar-refractivity contribution in [1.29, 1.82) is 0 Å². The Morgan fingerprint density at radius 3 is 2.41 bits per heavy atom. The zero-order valence-corrected chi connectivity index (χ0v) is 17.2. The highest BCUT2D eigenvalue weighted by Crippen LogP contribution is 2.36. The van der Waals surface area contributed by atoms with Gasteiger partial charge in [0.2, 0.25) is 0 Å². The lowest BCUT2D eigenvalue weighted by Gasteiger charge is -2.30. The molecule has 5 rings (SSSR count). The van der Waals surface area contributed by atoms with Crippen LogP contribution in [-0.2, 0) is 6.54 Å². The Hall–Kier alpha value is -2.76. The van der Waals surface area contributed by atoms with E-state index in [2.05, 4.69) is 81.3 Å². The normalized spacial score (nSPS) is 19.3. The van der Waals surface area contributed by atoms with Crippen molar-refractivity contribution in [3.8, 4) is 11.1 Å². The van der Waals surface area contributed by atoms with Crippen molar-refractivity contribution in [3.63, 3.8) is 0 Å². The first-order valence-corrected chi connectivity index (χ1v) is 11.2. The molecule has 0 radical (unpaired) electrons. The zero-order chi connectivity index (χ0) is 19.5. The van der Waals surface area contributed by atoms with Crippen molar-refractivity contribution in [2.24, 2.45) is 0 Å². The molecule has 146 valence electrons. The van der Waals surface area contributed by atoms with Gasteiger partial charge in [-0.15, -0.1) is 11.3 Å². The molecule has 0 aliphatic carbocycles. The van der Waals surface area contributed by atoms with Crippen molar-refractivity contribution in [1.82, 2.24) is 9.97 Å². The van der Waals surface area contributed by atoms with Crippen LogP contribution >= 0.6 is 11.3 Å². The first-order chi connectivity index (χ1) is 14.4. The number of thiophene rings is 1. The Morgan fingerprint density at radius 1 is 0.931 bits per heavy atom. The fraction of sp³-hybridized carbons (Fsp3) is 0.250. The van der Waals surface area contributed by atoms with Gasteiger partial charge in [-0.3, -0.25) is 0 Å². The van der Waals surface area contributed by atoms with Gasteiger partial charge in [0, 0.05) is 35.4 Å². The van der Waals surface area contributed by atoms with Crippen LogP contribution in [0.1, 0.15) is 18.4 Å². The topological polar surface area (TPSA) is 42.2 Å².